The van der Waals surface area contributed by atoms with Crippen LogP contribution in [0.15, 0.2) is 48.5 Å². The minimum Gasteiger partial charge on any atom is -0.482 e. The summed E-state index contributed by atoms with van der Waals surface area (Å²) in [5, 5.41) is 3.45. The van der Waals surface area contributed by atoms with Gasteiger partial charge in [0, 0.05) is 5.56 Å². The van der Waals surface area contributed by atoms with E-state index >= 15 is 0 Å². The third-order valence-electron chi connectivity index (χ3n) is 3.85. The average molecular weight is 348 g/mol. The molecule has 0 bridgehead atoms. The fourth-order valence-electron chi connectivity index (χ4n) is 2.47. The molecule has 0 aromatic heterocycles. The van der Waals surface area contributed by atoms with Gasteiger partial charge >= 0.3 is 0 Å². The van der Waals surface area contributed by atoms with E-state index in [1.165, 1.54) is 10.5 Å². The SMILES string of the molecule is Cc1ccc(Cl)c(OCC(=O)NC[C@H](c2ccccc2)[NH+](C)C)c1. The highest BCUT2D eigenvalue weighted by molar-refractivity contribution is 6.32. The standard InChI is InChI=1S/C19H23ClN2O2/c1-14-9-10-16(20)18(11-14)24-13-19(23)21-12-17(22(2)3)15-7-5-4-6-8-15/h4-11,17H,12-13H2,1-3H3,(H,21,23)/p+1/t17-/m1/s1. The maximum atomic E-state index is 12.1. The number of halogens is 1. The van der Waals surface area contributed by atoms with Crippen LogP contribution < -0.4 is 15.0 Å². The summed E-state index contributed by atoms with van der Waals surface area (Å²) in [6.45, 7) is 2.46. The zero-order valence-electron chi connectivity index (χ0n) is 14.3. The van der Waals surface area contributed by atoms with E-state index in [1.54, 1.807) is 6.07 Å². The Morgan fingerprint density at radius 2 is 1.92 bits per heavy atom. The van der Waals surface area contributed by atoms with Crippen LogP contribution in [0.5, 0.6) is 5.75 Å². The Morgan fingerprint density at radius 1 is 1.21 bits per heavy atom. The van der Waals surface area contributed by atoms with E-state index in [1.807, 2.05) is 37.3 Å². The van der Waals surface area contributed by atoms with Crippen molar-refractivity contribution < 1.29 is 14.4 Å². The summed E-state index contributed by atoms with van der Waals surface area (Å²) in [5.41, 5.74) is 2.23. The molecule has 1 atom stereocenters. The van der Waals surface area contributed by atoms with E-state index in [9.17, 15) is 4.79 Å². The van der Waals surface area contributed by atoms with Crippen molar-refractivity contribution in [2.45, 2.75) is 13.0 Å². The van der Waals surface area contributed by atoms with Crippen LogP contribution in [0.3, 0.4) is 0 Å². The Balaban J connectivity index is 1.88. The molecule has 2 aromatic carbocycles. The average Bonchev–Trinajstić information content (AvgIpc) is 2.56. The van der Waals surface area contributed by atoms with E-state index in [0.717, 1.165) is 5.56 Å². The van der Waals surface area contributed by atoms with Crippen molar-refractivity contribution in [3.63, 3.8) is 0 Å². The van der Waals surface area contributed by atoms with Gasteiger partial charge in [-0.2, -0.15) is 0 Å². The van der Waals surface area contributed by atoms with Gasteiger partial charge < -0.3 is 15.0 Å². The van der Waals surface area contributed by atoms with E-state index in [4.69, 9.17) is 16.3 Å². The molecule has 0 saturated heterocycles. The largest absolute Gasteiger partial charge is 0.482 e. The van der Waals surface area contributed by atoms with Gasteiger partial charge in [0.05, 0.1) is 25.7 Å². The maximum Gasteiger partial charge on any atom is 0.258 e. The van der Waals surface area contributed by atoms with Crippen molar-refractivity contribution in [2.24, 2.45) is 0 Å². The molecule has 4 nitrogen and oxygen atoms in total. The van der Waals surface area contributed by atoms with E-state index in [0.29, 0.717) is 17.3 Å². The number of carbonyl (C=O) groups is 1. The van der Waals surface area contributed by atoms with Crippen LogP contribution in [-0.2, 0) is 4.79 Å². The summed E-state index contributed by atoms with van der Waals surface area (Å²) < 4.78 is 5.53. The third-order valence-corrected chi connectivity index (χ3v) is 4.16. The van der Waals surface area contributed by atoms with Gasteiger partial charge in [-0.3, -0.25) is 4.79 Å². The molecule has 0 heterocycles. The lowest BCUT2D eigenvalue weighted by molar-refractivity contribution is -0.890. The number of benzene rings is 2. The summed E-state index contributed by atoms with van der Waals surface area (Å²) in [6.07, 6.45) is 0. The zero-order valence-corrected chi connectivity index (χ0v) is 15.1. The Morgan fingerprint density at radius 3 is 2.58 bits per heavy atom. The van der Waals surface area contributed by atoms with Gasteiger partial charge in [0.15, 0.2) is 6.61 Å². The highest BCUT2D eigenvalue weighted by atomic mass is 35.5. The molecule has 2 aromatic rings. The molecule has 0 fully saturated rings. The van der Waals surface area contributed by atoms with Crippen LogP contribution in [0.4, 0.5) is 0 Å². The van der Waals surface area contributed by atoms with Crippen LogP contribution in [0.25, 0.3) is 0 Å². The zero-order chi connectivity index (χ0) is 17.5. The molecular formula is C19H24ClN2O2+. The number of likely N-dealkylation sites (N-methyl/N-ethyl adjacent to an activating group) is 1. The Labute approximate surface area is 148 Å². The first-order chi connectivity index (χ1) is 11.5. The molecule has 0 aliphatic rings. The van der Waals surface area contributed by atoms with Crippen molar-refractivity contribution in [3.8, 4) is 5.75 Å². The van der Waals surface area contributed by atoms with E-state index in [-0.39, 0.29) is 18.6 Å². The third kappa shape index (κ3) is 5.25. The van der Waals surface area contributed by atoms with Crippen LogP contribution >= 0.6 is 11.6 Å². The van der Waals surface area contributed by atoms with E-state index in [2.05, 4.69) is 31.5 Å². The van der Waals surface area contributed by atoms with Gasteiger partial charge in [-0.25, -0.2) is 0 Å². The fraction of sp³-hybridized carbons (Fsp3) is 0.316. The van der Waals surface area contributed by atoms with Crippen molar-refractivity contribution >= 4 is 17.5 Å². The second kappa shape index (κ2) is 8.71. The quantitative estimate of drug-likeness (QED) is 0.804. The number of hydrogen-bond donors (Lipinski definition) is 2. The second-order valence-corrected chi connectivity index (χ2v) is 6.47. The molecule has 2 rings (SSSR count). The number of hydrogen-bond acceptors (Lipinski definition) is 2. The lowest BCUT2D eigenvalue weighted by atomic mass is 10.1. The van der Waals surface area contributed by atoms with Gasteiger partial charge in [0.1, 0.15) is 11.8 Å². The summed E-state index contributed by atoms with van der Waals surface area (Å²) in [5.74, 6) is 0.374. The number of quaternary nitrogens is 1. The van der Waals surface area contributed by atoms with Crippen molar-refractivity contribution in [1.82, 2.24) is 5.32 Å². The molecule has 0 aliphatic carbocycles. The molecule has 0 radical (unpaired) electrons. The van der Waals surface area contributed by atoms with E-state index < -0.39 is 0 Å². The maximum absolute atomic E-state index is 12.1. The first-order valence-electron chi connectivity index (χ1n) is 7.98. The summed E-state index contributed by atoms with van der Waals surface area (Å²) in [4.78, 5) is 13.3. The predicted octanol–water partition coefficient (Wildman–Crippen LogP) is 2.03. The topological polar surface area (TPSA) is 42.8 Å². The summed E-state index contributed by atoms with van der Waals surface area (Å²) >= 11 is 6.07. The summed E-state index contributed by atoms with van der Waals surface area (Å²) in [6, 6.07) is 15.9. The van der Waals surface area contributed by atoms with Crippen LogP contribution in [0, 0.1) is 6.92 Å². The van der Waals surface area contributed by atoms with Gasteiger partial charge in [-0.15, -0.1) is 0 Å². The molecule has 1 amide bonds. The molecular weight excluding hydrogens is 324 g/mol. The number of rotatable bonds is 7. The highest BCUT2D eigenvalue weighted by Gasteiger charge is 2.18. The van der Waals surface area contributed by atoms with Gasteiger partial charge in [0.25, 0.3) is 5.91 Å². The lowest BCUT2D eigenvalue weighted by Gasteiger charge is -2.22. The van der Waals surface area contributed by atoms with Crippen molar-refractivity contribution in [2.75, 3.05) is 27.2 Å². The Bertz CT molecular complexity index is 674. The Kier molecular flexibility index (Phi) is 6.64. The molecule has 0 saturated carbocycles. The summed E-state index contributed by atoms with van der Waals surface area (Å²) in [7, 11) is 4.15. The molecule has 2 N–H and O–H groups in total. The highest BCUT2D eigenvalue weighted by Crippen LogP contribution is 2.25. The molecule has 5 heteroatoms. The molecule has 0 aliphatic heterocycles. The minimum atomic E-state index is -0.158. The number of amides is 1. The number of carbonyl (C=O) groups excluding carboxylic acids is 1. The molecule has 128 valence electrons. The van der Waals surface area contributed by atoms with Crippen LogP contribution in [0.1, 0.15) is 17.2 Å². The molecule has 0 spiro atoms. The van der Waals surface area contributed by atoms with Gasteiger partial charge in [0.2, 0.25) is 0 Å². The number of nitrogens with one attached hydrogen (secondary N) is 2. The monoisotopic (exact) mass is 347 g/mol. The lowest BCUT2D eigenvalue weighted by Crippen LogP contribution is -3.07. The normalized spacial score (nSPS) is 12.0. The van der Waals surface area contributed by atoms with Gasteiger partial charge in [-0.1, -0.05) is 48.0 Å². The predicted molar refractivity (Wildman–Crippen MR) is 96.7 cm³/mol. The molecule has 24 heavy (non-hydrogen) atoms. The van der Waals surface area contributed by atoms with Crippen molar-refractivity contribution in [3.05, 3.63) is 64.7 Å². The van der Waals surface area contributed by atoms with Gasteiger partial charge in [-0.05, 0) is 24.6 Å². The fourth-order valence-corrected chi connectivity index (χ4v) is 2.64. The first-order valence-corrected chi connectivity index (χ1v) is 8.36. The Hall–Kier alpha value is -2.04. The smallest absolute Gasteiger partial charge is 0.258 e. The number of aryl methyl sites for hydroxylation is 1. The molecule has 0 unspecified atom stereocenters. The second-order valence-electron chi connectivity index (χ2n) is 6.07. The van der Waals surface area contributed by atoms with Crippen molar-refractivity contribution in [1.29, 1.82) is 0 Å². The first kappa shape index (κ1) is 18.3. The van der Waals surface area contributed by atoms with Crippen LogP contribution in [-0.4, -0.2) is 33.2 Å². The minimum absolute atomic E-state index is 0.0482. The number of ether oxygens (including phenoxy) is 1. The van der Waals surface area contributed by atoms with Crippen LogP contribution in [0.2, 0.25) is 5.02 Å².